The number of fused-ring (bicyclic) bond motifs is 1. The zero-order valence-corrected chi connectivity index (χ0v) is 17.0. The lowest BCUT2D eigenvalue weighted by molar-refractivity contribution is -0.184. The van der Waals surface area contributed by atoms with Crippen LogP contribution in [0.2, 0.25) is 0 Å². The summed E-state index contributed by atoms with van der Waals surface area (Å²) in [6.07, 6.45) is 5.01. The summed E-state index contributed by atoms with van der Waals surface area (Å²) < 4.78 is 11.6. The summed E-state index contributed by atoms with van der Waals surface area (Å²) in [5.74, 6) is -0.482. The van der Waals surface area contributed by atoms with E-state index >= 15 is 0 Å². The van der Waals surface area contributed by atoms with Crippen molar-refractivity contribution in [3.8, 4) is 0 Å². The van der Waals surface area contributed by atoms with E-state index in [0.717, 1.165) is 60.9 Å². The van der Waals surface area contributed by atoms with Gasteiger partial charge in [0.15, 0.2) is 5.79 Å². The van der Waals surface area contributed by atoms with Crippen LogP contribution >= 0.6 is 0 Å². The number of aryl methyl sites for hydroxylation is 2. The fourth-order valence-corrected chi connectivity index (χ4v) is 4.27. The van der Waals surface area contributed by atoms with Gasteiger partial charge in [0.2, 0.25) is 0 Å². The van der Waals surface area contributed by atoms with Gasteiger partial charge in [-0.2, -0.15) is 0 Å². The monoisotopic (exact) mass is 383 g/mol. The molecule has 1 aliphatic carbocycles. The Labute approximate surface area is 166 Å². The Balaban J connectivity index is 1.50. The van der Waals surface area contributed by atoms with Crippen molar-refractivity contribution in [3.63, 3.8) is 0 Å². The molecule has 6 heteroatoms. The topological polar surface area (TPSA) is 73.3 Å². The predicted molar refractivity (Wildman–Crippen MR) is 107 cm³/mol. The third kappa shape index (κ3) is 3.63. The molecule has 150 valence electrons. The van der Waals surface area contributed by atoms with Crippen molar-refractivity contribution in [1.82, 2.24) is 15.3 Å². The Morgan fingerprint density at radius 3 is 2.21 bits per heavy atom. The highest BCUT2D eigenvalue weighted by molar-refractivity contribution is 5.97. The smallest absolute Gasteiger partial charge is 0.251 e. The number of carbonyl (C=O) groups excluding carboxylic acids is 1. The number of hydrogen-bond acceptors (Lipinski definition) is 5. The third-order valence-corrected chi connectivity index (χ3v) is 6.10. The molecule has 28 heavy (non-hydrogen) atoms. The third-order valence-electron chi connectivity index (χ3n) is 6.10. The maximum Gasteiger partial charge on any atom is 0.251 e. The van der Waals surface area contributed by atoms with Gasteiger partial charge in [0.1, 0.15) is 0 Å². The summed E-state index contributed by atoms with van der Waals surface area (Å²) >= 11 is 0. The normalized spacial score (nSPS) is 20.5. The molecule has 1 N–H and O–H groups in total. The van der Waals surface area contributed by atoms with Crippen LogP contribution in [0.25, 0.3) is 11.0 Å². The number of hydrogen-bond donors (Lipinski definition) is 1. The molecule has 1 saturated carbocycles. The van der Waals surface area contributed by atoms with Crippen LogP contribution in [0.15, 0.2) is 18.2 Å². The number of amides is 1. The molecular formula is C22H29N3O3. The predicted octanol–water partition coefficient (Wildman–Crippen LogP) is 3.56. The number of rotatable bonds is 4. The quantitative estimate of drug-likeness (QED) is 0.874. The van der Waals surface area contributed by atoms with Gasteiger partial charge < -0.3 is 14.8 Å². The van der Waals surface area contributed by atoms with E-state index in [4.69, 9.17) is 19.4 Å². The average molecular weight is 383 g/mol. The van der Waals surface area contributed by atoms with Crippen LogP contribution in [-0.4, -0.2) is 40.4 Å². The molecule has 6 nitrogen and oxygen atoms in total. The molecule has 1 aliphatic heterocycles. The van der Waals surface area contributed by atoms with Gasteiger partial charge in [0.05, 0.1) is 35.6 Å². The summed E-state index contributed by atoms with van der Waals surface area (Å²) in [7, 11) is 0. The zero-order valence-electron chi connectivity index (χ0n) is 17.0. The molecule has 1 amide bonds. The van der Waals surface area contributed by atoms with E-state index in [1.807, 2.05) is 18.2 Å². The van der Waals surface area contributed by atoms with E-state index < -0.39 is 5.79 Å². The summed E-state index contributed by atoms with van der Waals surface area (Å²) in [5.41, 5.74) is 4.04. The lowest BCUT2D eigenvalue weighted by Crippen LogP contribution is -2.52. The standard InChI is InChI=1S/C22H29N3O3/c1-4-16-17(5-2)24-19-14-15(6-7-18(19)23-16)20(26)25-21(3)8-10-22(11-9-21)27-12-13-28-22/h6-7,14H,4-5,8-13H2,1-3H3,(H,25,26). The van der Waals surface area contributed by atoms with Crippen molar-refractivity contribution >= 4 is 16.9 Å². The maximum atomic E-state index is 12.9. The van der Waals surface area contributed by atoms with Gasteiger partial charge in [-0.25, -0.2) is 9.97 Å². The van der Waals surface area contributed by atoms with Crippen LogP contribution in [-0.2, 0) is 22.3 Å². The van der Waals surface area contributed by atoms with Crippen molar-refractivity contribution in [2.45, 2.75) is 70.6 Å². The molecule has 0 unspecified atom stereocenters. The molecule has 1 saturated heterocycles. The summed E-state index contributed by atoms with van der Waals surface area (Å²) in [5, 5.41) is 3.24. The molecule has 2 aromatic rings. The van der Waals surface area contributed by atoms with Gasteiger partial charge in [-0.05, 0) is 50.8 Å². The van der Waals surface area contributed by atoms with E-state index in [-0.39, 0.29) is 11.4 Å². The molecule has 0 radical (unpaired) electrons. The van der Waals surface area contributed by atoms with E-state index in [0.29, 0.717) is 18.8 Å². The first-order valence-corrected chi connectivity index (χ1v) is 10.4. The van der Waals surface area contributed by atoms with Gasteiger partial charge in [-0.3, -0.25) is 4.79 Å². The number of nitrogens with zero attached hydrogens (tertiary/aromatic N) is 2. The van der Waals surface area contributed by atoms with E-state index in [2.05, 4.69) is 26.1 Å². The highest BCUT2D eigenvalue weighted by Gasteiger charge is 2.44. The number of benzene rings is 1. The number of ether oxygens (including phenoxy) is 2. The van der Waals surface area contributed by atoms with Crippen molar-refractivity contribution in [2.24, 2.45) is 0 Å². The van der Waals surface area contributed by atoms with Gasteiger partial charge in [-0.15, -0.1) is 0 Å². The SMILES string of the molecule is CCc1nc2ccc(C(=O)NC3(C)CCC4(CC3)OCCO4)cc2nc1CC. The van der Waals surface area contributed by atoms with Crippen molar-refractivity contribution in [2.75, 3.05) is 13.2 Å². The van der Waals surface area contributed by atoms with Crippen molar-refractivity contribution in [3.05, 3.63) is 35.2 Å². The molecule has 2 heterocycles. The molecular weight excluding hydrogens is 354 g/mol. The van der Waals surface area contributed by atoms with E-state index in [9.17, 15) is 4.79 Å². The summed E-state index contributed by atoms with van der Waals surface area (Å²) in [6, 6.07) is 5.59. The van der Waals surface area contributed by atoms with Gasteiger partial charge >= 0.3 is 0 Å². The second-order valence-electron chi connectivity index (χ2n) is 8.15. The number of aromatic nitrogens is 2. The Morgan fingerprint density at radius 2 is 1.61 bits per heavy atom. The Kier molecular flexibility index (Phi) is 5.10. The molecule has 1 spiro atoms. The fourth-order valence-electron chi connectivity index (χ4n) is 4.27. The summed E-state index contributed by atoms with van der Waals surface area (Å²) in [4.78, 5) is 22.4. The largest absolute Gasteiger partial charge is 0.348 e. The maximum absolute atomic E-state index is 12.9. The molecule has 0 atom stereocenters. The first-order chi connectivity index (χ1) is 13.5. The highest BCUT2D eigenvalue weighted by Crippen LogP contribution is 2.40. The highest BCUT2D eigenvalue weighted by atomic mass is 16.7. The Hall–Kier alpha value is -2.05. The zero-order chi connectivity index (χ0) is 19.8. The first kappa shape index (κ1) is 19.3. The van der Waals surface area contributed by atoms with Gasteiger partial charge in [0, 0.05) is 23.9 Å². The lowest BCUT2D eigenvalue weighted by atomic mass is 9.80. The molecule has 2 fully saturated rings. The van der Waals surface area contributed by atoms with Crippen LogP contribution in [0.3, 0.4) is 0 Å². The molecule has 1 aromatic heterocycles. The van der Waals surface area contributed by atoms with Crippen LogP contribution in [0.5, 0.6) is 0 Å². The second-order valence-corrected chi connectivity index (χ2v) is 8.15. The number of nitrogens with one attached hydrogen (secondary N) is 1. The molecule has 1 aromatic carbocycles. The van der Waals surface area contributed by atoms with Gasteiger partial charge in [-0.1, -0.05) is 13.8 Å². The van der Waals surface area contributed by atoms with Crippen molar-refractivity contribution < 1.29 is 14.3 Å². The van der Waals surface area contributed by atoms with E-state index in [1.54, 1.807) is 0 Å². The Bertz CT molecular complexity index is 880. The number of carbonyl (C=O) groups is 1. The minimum absolute atomic E-state index is 0.0620. The molecule has 0 bridgehead atoms. The minimum Gasteiger partial charge on any atom is -0.348 e. The van der Waals surface area contributed by atoms with Crippen LogP contribution in [0, 0.1) is 0 Å². The van der Waals surface area contributed by atoms with Crippen LogP contribution < -0.4 is 5.32 Å². The van der Waals surface area contributed by atoms with Gasteiger partial charge in [0.25, 0.3) is 5.91 Å². The average Bonchev–Trinajstić information content (AvgIpc) is 3.17. The second kappa shape index (κ2) is 7.41. The van der Waals surface area contributed by atoms with E-state index in [1.165, 1.54) is 0 Å². The Morgan fingerprint density at radius 1 is 1.00 bits per heavy atom. The fraction of sp³-hybridized carbons (Fsp3) is 0.591. The molecule has 2 aliphatic rings. The lowest BCUT2D eigenvalue weighted by Gasteiger charge is -2.42. The van der Waals surface area contributed by atoms with Crippen LogP contribution in [0.1, 0.15) is 68.2 Å². The minimum atomic E-state index is -0.420. The van der Waals surface area contributed by atoms with Crippen molar-refractivity contribution in [1.29, 1.82) is 0 Å². The summed E-state index contributed by atoms with van der Waals surface area (Å²) in [6.45, 7) is 7.62. The first-order valence-electron chi connectivity index (χ1n) is 10.4. The molecule has 4 rings (SSSR count). The van der Waals surface area contributed by atoms with Crippen LogP contribution in [0.4, 0.5) is 0 Å².